The van der Waals surface area contributed by atoms with Gasteiger partial charge in [-0.3, -0.25) is 0 Å². The van der Waals surface area contributed by atoms with Crippen molar-refractivity contribution < 1.29 is 4.42 Å². The molecule has 0 aromatic carbocycles. The van der Waals surface area contributed by atoms with Crippen LogP contribution >= 0.6 is 0 Å². The van der Waals surface area contributed by atoms with Crippen LogP contribution in [-0.2, 0) is 6.42 Å². The highest BCUT2D eigenvalue weighted by molar-refractivity contribution is 5.10. The van der Waals surface area contributed by atoms with Gasteiger partial charge in [0.25, 0.3) is 0 Å². The normalized spacial score (nSPS) is 23.8. The molecule has 2 aliphatic carbocycles. The summed E-state index contributed by atoms with van der Waals surface area (Å²) in [5.74, 6) is 0. The molecule has 2 aliphatic rings. The molecule has 88 valence electrons. The molecule has 2 nitrogen and oxygen atoms in total. The van der Waals surface area contributed by atoms with E-state index in [2.05, 4.69) is 11.4 Å². The first-order valence-electron chi connectivity index (χ1n) is 6.61. The fourth-order valence-corrected chi connectivity index (χ4v) is 3.02. The zero-order chi connectivity index (χ0) is 10.8. The SMILES string of the molecule is c1cc(CC2(CNC3CC3)CCCC2)co1. The van der Waals surface area contributed by atoms with Crippen molar-refractivity contribution in [2.24, 2.45) is 5.41 Å². The molecule has 0 radical (unpaired) electrons. The maximum Gasteiger partial charge on any atom is 0.0934 e. The van der Waals surface area contributed by atoms with Crippen LogP contribution in [0, 0.1) is 5.41 Å². The topological polar surface area (TPSA) is 25.2 Å². The second-order valence-corrected chi connectivity index (χ2v) is 5.67. The molecule has 1 aromatic rings. The van der Waals surface area contributed by atoms with Crippen molar-refractivity contribution >= 4 is 0 Å². The smallest absolute Gasteiger partial charge is 0.0934 e. The number of hydrogen-bond donors (Lipinski definition) is 1. The van der Waals surface area contributed by atoms with Gasteiger partial charge >= 0.3 is 0 Å². The Hall–Kier alpha value is -0.760. The summed E-state index contributed by atoms with van der Waals surface area (Å²) in [5.41, 5.74) is 1.89. The summed E-state index contributed by atoms with van der Waals surface area (Å²) in [6, 6.07) is 2.96. The van der Waals surface area contributed by atoms with E-state index in [1.807, 2.05) is 6.26 Å². The Bertz CT molecular complexity index is 321. The summed E-state index contributed by atoms with van der Waals surface area (Å²) < 4.78 is 5.19. The molecular weight excluding hydrogens is 198 g/mol. The second-order valence-electron chi connectivity index (χ2n) is 5.67. The molecule has 2 heteroatoms. The molecule has 2 fully saturated rings. The summed E-state index contributed by atoms with van der Waals surface area (Å²) in [4.78, 5) is 0. The van der Waals surface area contributed by atoms with Crippen LogP contribution < -0.4 is 5.32 Å². The molecule has 0 spiro atoms. The van der Waals surface area contributed by atoms with E-state index in [1.54, 1.807) is 6.26 Å². The van der Waals surface area contributed by atoms with Gasteiger partial charge in [-0.2, -0.15) is 0 Å². The highest BCUT2D eigenvalue weighted by Crippen LogP contribution is 2.41. The fraction of sp³-hybridized carbons (Fsp3) is 0.714. The molecular formula is C14H21NO. The summed E-state index contributed by atoms with van der Waals surface area (Å²) in [6.45, 7) is 1.21. The molecule has 0 atom stereocenters. The third-order valence-electron chi connectivity index (χ3n) is 4.17. The largest absolute Gasteiger partial charge is 0.472 e. The van der Waals surface area contributed by atoms with Crippen molar-refractivity contribution in [3.8, 4) is 0 Å². The Morgan fingerprint density at radius 1 is 1.31 bits per heavy atom. The van der Waals surface area contributed by atoms with Gasteiger partial charge in [-0.25, -0.2) is 0 Å². The van der Waals surface area contributed by atoms with Crippen LogP contribution in [0.2, 0.25) is 0 Å². The van der Waals surface area contributed by atoms with E-state index < -0.39 is 0 Å². The Balaban J connectivity index is 1.63. The van der Waals surface area contributed by atoms with Gasteiger partial charge < -0.3 is 9.73 Å². The van der Waals surface area contributed by atoms with Gasteiger partial charge in [0.2, 0.25) is 0 Å². The van der Waals surface area contributed by atoms with E-state index in [1.165, 1.54) is 57.1 Å². The number of furan rings is 1. The number of rotatable bonds is 5. The van der Waals surface area contributed by atoms with Gasteiger partial charge in [-0.05, 0) is 49.1 Å². The third kappa shape index (κ3) is 2.32. The lowest BCUT2D eigenvalue weighted by Crippen LogP contribution is -2.35. The molecule has 0 aliphatic heterocycles. The van der Waals surface area contributed by atoms with Crippen molar-refractivity contribution in [2.45, 2.75) is 51.0 Å². The van der Waals surface area contributed by atoms with Crippen LogP contribution in [0.5, 0.6) is 0 Å². The van der Waals surface area contributed by atoms with Crippen molar-refractivity contribution in [1.82, 2.24) is 5.32 Å². The van der Waals surface area contributed by atoms with E-state index in [-0.39, 0.29) is 0 Å². The number of hydrogen-bond acceptors (Lipinski definition) is 2. The van der Waals surface area contributed by atoms with E-state index in [4.69, 9.17) is 4.42 Å². The molecule has 1 heterocycles. The lowest BCUT2D eigenvalue weighted by Gasteiger charge is -2.29. The van der Waals surface area contributed by atoms with E-state index in [9.17, 15) is 0 Å². The first-order chi connectivity index (χ1) is 7.86. The van der Waals surface area contributed by atoms with Crippen molar-refractivity contribution in [3.63, 3.8) is 0 Å². The first-order valence-corrected chi connectivity index (χ1v) is 6.61. The maximum absolute atomic E-state index is 5.19. The Morgan fingerprint density at radius 3 is 2.75 bits per heavy atom. The predicted molar refractivity (Wildman–Crippen MR) is 64.3 cm³/mol. The minimum atomic E-state index is 0.520. The Morgan fingerprint density at radius 2 is 2.12 bits per heavy atom. The van der Waals surface area contributed by atoms with Gasteiger partial charge in [-0.1, -0.05) is 12.8 Å². The van der Waals surface area contributed by atoms with Crippen LogP contribution in [0.4, 0.5) is 0 Å². The first kappa shape index (κ1) is 10.4. The fourth-order valence-electron chi connectivity index (χ4n) is 3.02. The van der Waals surface area contributed by atoms with Crippen LogP contribution in [0.3, 0.4) is 0 Å². The van der Waals surface area contributed by atoms with Crippen molar-refractivity contribution in [2.75, 3.05) is 6.54 Å². The predicted octanol–water partition coefficient (Wildman–Crippen LogP) is 3.13. The quantitative estimate of drug-likeness (QED) is 0.823. The summed E-state index contributed by atoms with van der Waals surface area (Å²) in [7, 11) is 0. The van der Waals surface area contributed by atoms with Crippen LogP contribution in [0.25, 0.3) is 0 Å². The monoisotopic (exact) mass is 219 g/mol. The van der Waals surface area contributed by atoms with Crippen LogP contribution in [-0.4, -0.2) is 12.6 Å². The molecule has 0 unspecified atom stereocenters. The molecule has 2 saturated carbocycles. The molecule has 0 bridgehead atoms. The molecule has 1 aromatic heterocycles. The lowest BCUT2D eigenvalue weighted by molar-refractivity contribution is 0.276. The zero-order valence-corrected chi connectivity index (χ0v) is 9.87. The number of nitrogens with one attached hydrogen (secondary N) is 1. The van der Waals surface area contributed by atoms with Crippen LogP contribution in [0.15, 0.2) is 23.0 Å². The van der Waals surface area contributed by atoms with Crippen LogP contribution in [0.1, 0.15) is 44.1 Å². The minimum absolute atomic E-state index is 0.520. The zero-order valence-electron chi connectivity index (χ0n) is 9.87. The van der Waals surface area contributed by atoms with Crippen molar-refractivity contribution in [1.29, 1.82) is 0 Å². The molecule has 16 heavy (non-hydrogen) atoms. The Labute approximate surface area is 97.4 Å². The summed E-state index contributed by atoms with van der Waals surface area (Å²) >= 11 is 0. The highest BCUT2D eigenvalue weighted by atomic mass is 16.3. The van der Waals surface area contributed by atoms with Gasteiger partial charge in [0.15, 0.2) is 0 Å². The molecule has 1 N–H and O–H groups in total. The summed E-state index contributed by atoms with van der Waals surface area (Å²) in [5, 5.41) is 3.72. The highest BCUT2D eigenvalue weighted by Gasteiger charge is 2.35. The second kappa shape index (κ2) is 4.25. The maximum atomic E-state index is 5.19. The lowest BCUT2D eigenvalue weighted by atomic mass is 9.80. The van der Waals surface area contributed by atoms with Gasteiger partial charge in [0.1, 0.15) is 0 Å². The summed E-state index contributed by atoms with van der Waals surface area (Å²) in [6.07, 6.45) is 13.3. The minimum Gasteiger partial charge on any atom is -0.472 e. The average molecular weight is 219 g/mol. The standard InChI is InChI=1S/C14H21NO/c1-2-7-14(6-1,11-15-13-3-4-13)9-12-5-8-16-10-12/h5,8,10,13,15H,1-4,6-7,9,11H2. The van der Waals surface area contributed by atoms with Crippen molar-refractivity contribution in [3.05, 3.63) is 24.2 Å². The van der Waals surface area contributed by atoms with Gasteiger partial charge in [0, 0.05) is 12.6 Å². The molecule has 0 amide bonds. The average Bonchev–Trinajstić information content (AvgIpc) is 2.78. The van der Waals surface area contributed by atoms with Gasteiger partial charge in [0.05, 0.1) is 12.5 Å². The van der Waals surface area contributed by atoms with E-state index >= 15 is 0 Å². The van der Waals surface area contributed by atoms with E-state index in [0.29, 0.717) is 5.41 Å². The van der Waals surface area contributed by atoms with E-state index in [0.717, 1.165) is 6.04 Å². The Kier molecular flexibility index (Phi) is 2.76. The third-order valence-corrected chi connectivity index (χ3v) is 4.17. The van der Waals surface area contributed by atoms with Gasteiger partial charge in [-0.15, -0.1) is 0 Å². The molecule has 3 rings (SSSR count). The molecule has 0 saturated heterocycles.